The quantitative estimate of drug-likeness (QED) is 0.310. The van der Waals surface area contributed by atoms with Crippen LogP contribution in [0.4, 0.5) is 33.3 Å². The van der Waals surface area contributed by atoms with E-state index in [9.17, 15) is 22.0 Å². The Hall–Kier alpha value is -2.22. The largest absolute Gasteiger partial charge is 0.332 e. The topological polar surface area (TPSA) is 24.1 Å². The molecular formula is C17H15F5N2S. The monoisotopic (exact) mass is 374 g/mol. The van der Waals surface area contributed by atoms with E-state index in [1.54, 1.807) is 12.1 Å². The van der Waals surface area contributed by atoms with Crippen LogP contribution in [0.2, 0.25) is 0 Å². The second kappa shape index (κ2) is 7.77. The van der Waals surface area contributed by atoms with Crippen molar-refractivity contribution in [3.8, 4) is 0 Å². The van der Waals surface area contributed by atoms with Crippen molar-refractivity contribution >= 4 is 28.7 Å². The summed E-state index contributed by atoms with van der Waals surface area (Å²) in [6, 6.07) is 7.12. The summed E-state index contributed by atoms with van der Waals surface area (Å²) in [6.45, 7) is 4.12. The molecule has 0 fully saturated rings. The van der Waals surface area contributed by atoms with Crippen LogP contribution >= 0.6 is 12.2 Å². The Morgan fingerprint density at radius 3 is 1.84 bits per heavy atom. The highest BCUT2D eigenvalue weighted by atomic mass is 32.1. The predicted molar refractivity (Wildman–Crippen MR) is 91.2 cm³/mol. The highest BCUT2D eigenvalue weighted by Gasteiger charge is 2.26. The fourth-order valence-electron chi connectivity index (χ4n) is 2.12. The van der Waals surface area contributed by atoms with E-state index in [4.69, 9.17) is 12.2 Å². The van der Waals surface area contributed by atoms with E-state index in [0.29, 0.717) is 11.6 Å². The lowest BCUT2D eigenvalue weighted by atomic mass is 9.99. The molecule has 0 aliphatic heterocycles. The minimum absolute atomic E-state index is 0.306. The summed E-state index contributed by atoms with van der Waals surface area (Å²) in [6.07, 6.45) is 0.965. The number of benzene rings is 2. The molecule has 0 aliphatic carbocycles. The maximum absolute atomic E-state index is 13.6. The van der Waals surface area contributed by atoms with E-state index < -0.39 is 34.8 Å². The molecule has 0 saturated heterocycles. The summed E-state index contributed by atoms with van der Waals surface area (Å²) in [5.41, 5.74) is 0.408. The zero-order valence-corrected chi connectivity index (χ0v) is 14.2. The number of hydrogen-bond donors (Lipinski definition) is 2. The number of rotatable bonds is 4. The third-order valence-corrected chi connectivity index (χ3v) is 4.00. The highest BCUT2D eigenvalue weighted by Crippen LogP contribution is 2.27. The van der Waals surface area contributed by atoms with Crippen LogP contribution in [0, 0.1) is 29.1 Å². The van der Waals surface area contributed by atoms with Crippen LogP contribution in [0.25, 0.3) is 0 Å². The highest BCUT2D eigenvalue weighted by molar-refractivity contribution is 7.80. The Balaban J connectivity index is 2.16. The lowest BCUT2D eigenvalue weighted by Gasteiger charge is -2.14. The third-order valence-electron chi connectivity index (χ3n) is 3.80. The van der Waals surface area contributed by atoms with Crippen LogP contribution in [0.5, 0.6) is 0 Å². The molecule has 2 N–H and O–H groups in total. The van der Waals surface area contributed by atoms with E-state index in [0.717, 1.165) is 12.0 Å². The van der Waals surface area contributed by atoms with Gasteiger partial charge in [0, 0.05) is 5.69 Å². The molecule has 8 heteroatoms. The van der Waals surface area contributed by atoms with Gasteiger partial charge in [-0.15, -0.1) is 0 Å². The normalized spacial score (nSPS) is 12.0. The van der Waals surface area contributed by atoms with Crippen LogP contribution in [0.1, 0.15) is 31.7 Å². The molecule has 25 heavy (non-hydrogen) atoms. The van der Waals surface area contributed by atoms with Crippen molar-refractivity contribution in [1.29, 1.82) is 0 Å². The molecule has 0 saturated carbocycles. The van der Waals surface area contributed by atoms with Gasteiger partial charge in [-0.3, -0.25) is 0 Å². The Labute approximate surface area is 147 Å². The standard InChI is InChI=1S/C17H15F5N2S/c1-3-8(2)9-4-6-10(7-5-9)23-17(25)24-16-14(21)12(19)11(18)13(20)15(16)22/h4-8H,3H2,1-2H3,(H2,23,24,25). The first kappa shape index (κ1) is 19.1. The summed E-state index contributed by atoms with van der Waals surface area (Å²) in [7, 11) is 0. The molecule has 0 aliphatic rings. The van der Waals surface area contributed by atoms with Crippen LogP contribution in [0.3, 0.4) is 0 Å². The molecule has 2 rings (SSSR count). The van der Waals surface area contributed by atoms with Gasteiger partial charge in [-0.2, -0.15) is 0 Å². The second-order valence-electron chi connectivity index (χ2n) is 5.46. The van der Waals surface area contributed by atoms with Gasteiger partial charge in [0.05, 0.1) is 0 Å². The average molecular weight is 374 g/mol. The fourth-order valence-corrected chi connectivity index (χ4v) is 2.34. The summed E-state index contributed by atoms with van der Waals surface area (Å²) in [5, 5.41) is 4.33. The minimum Gasteiger partial charge on any atom is -0.332 e. The van der Waals surface area contributed by atoms with Crippen molar-refractivity contribution in [2.45, 2.75) is 26.2 Å². The Morgan fingerprint density at radius 2 is 1.36 bits per heavy atom. The van der Waals surface area contributed by atoms with Gasteiger partial charge in [-0.05, 0) is 42.3 Å². The van der Waals surface area contributed by atoms with Crippen molar-refractivity contribution in [3.63, 3.8) is 0 Å². The summed E-state index contributed by atoms with van der Waals surface area (Å²) in [5.74, 6) is -9.89. The summed E-state index contributed by atoms with van der Waals surface area (Å²) in [4.78, 5) is 0. The Bertz CT molecular complexity index is 764. The third kappa shape index (κ3) is 4.07. The average Bonchev–Trinajstić information content (AvgIpc) is 2.62. The zero-order valence-electron chi connectivity index (χ0n) is 13.4. The van der Waals surface area contributed by atoms with Crippen LogP contribution in [-0.2, 0) is 0 Å². The van der Waals surface area contributed by atoms with Gasteiger partial charge < -0.3 is 10.6 Å². The molecule has 2 aromatic carbocycles. The number of nitrogens with one attached hydrogen (secondary N) is 2. The summed E-state index contributed by atoms with van der Waals surface area (Å²) >= 11 is 4.87. The van der Waals surface area contributed by atoms with Crippen molar-refractivity contribution in [2.75, 3.05) is 10.6 Å². The minimum atomic E-state index is -2.22. The van der Waals surface area contributed by atoms with Gasteiger partial charge in [0.2, 0.25) is 5.82 Å². The number of hydrogen-bond acceptors (Lipinski definition) is 1. The molecule has 1 unspecified atom stereocenters. The second-order valence-corrected chi connectivity index (χ2v) is 5.86. The predicted octanol–water partition coefficient (Wildman–Crippen LogP) is 5.70. The first-order valence-electron chi connectivity index (χ1n) is 7.45. The van der Waals surface area contributed by atoms with Crippen molar-refractivity contribution in [3.05, 3.63) is 58.9 Å². The number of anilines is 2. The van der Waals surface area contributed by atoms with Crippen LogP contribution in [0.15, 0.2) is 24.3 Å². The van der Waals surface area contributed by atoms with Gasteiger partial charge in [0.15, 0.2) is 28.4 Å². The molecular weight excluding hydrogens is 359 g/mol. The Morgan fingerprint density at radius 1 is 0.880 bits per heavy atom. The van der Waals surface area contributed by atoms with E-state index in [-0.39, 0.29) is 5.11 Å². The molecule has 0 radical (unpaired) electrons. The first-order valence-corrected chi connectivity index (χ1v) is 7.86. The van der Waals surface area contributed by atoms with Gasteiger partial charge in [-0.25, -0.2) is 22.0 Å². The molecule has 2 aromatic rings. The zero-order chi connectivity index (χ0) is 18.7. The van der Waals surface area contributed by atoms with E-state index in [1.165, 1.54) is 0 Å². The molecule has 1 atom stereocenters. The van der Waals surface area contributed by atoms with Gasteiger partial charge in [0.25, 0.3) is 0 Å². The van der Waals surface area contributed by atoms with E-state index in [1.807, 2.05) is 17.4 Å². The molecule has 2 nitrogen and oxygen atoms in total. The van der Waals surface area contributed by atoms with Gasteiger partial charge in [0.1, 0.15) is 5.69 Å². The van der Waals surface area contributed by atoms with Gasteiger partial charge >= 0.3 is 0 Å². The van der Waals surface area contributed by atoms with Crippen molar-refractivity contribution in [2.24, 2.45) is 0 Å². The fraction of sp³-hybridized carbons (Fsp3) is 0.235. The van der Waals surface area contributed by atoms with E-state index >= 15 is 0 Å². The molecule has 0 bridgehead atoms. The number of halogens is 5. The van der Waals surface area contributed by atoms with Crippen molar-refractivity contribution < 1.29 is 22.0 Å². The SMILES string of the molecule is CCC(C)c1ccc(NC(=S)Nc2c(F)c(F)c(F)c(F)c2F)cc1. The lowest BCUT2D eigenvalue weighted by molar-refractivity contribution is 0.382. The lowest BCUT2D eigenvalue weighted by Crippen LogP contribution is -2.22. The van der Waals surface area contributed by atoms with Crippen LogP contribution < -0.4 is 10.6 Å². The maximum Gasteiger partial charge on any atom is 0.200 e. The number of thiocarbonyl (C=S) groups is 1. The molecule has 0 heterocycles. The smallest absolute Gasteiger partial charge is 0.200 e. The molecule has 0 amide bonds. The molecule has 0 spiro atoms. The van der Waals surface area contributed by atoms with E-state index in [2.05, 4.69) is 19.2 Å². The maximum atomic E-state index is 13.6. The summed E-state index contributed by atoms with van der Waals surface area (Å²) < 4.78 is 66.6. The van der Waals surface area contributed by atoms with Crippen molar-refractivity contribution in [1.82, 2.24) is 0 Å². The van der Waals surface area contributed by atoms with Gasteiger partial charge in [-0.1, -0.05) is 26.0 Å². The Kier molecular flexibility index (Phi) is 5.94. The molecule has 0 aromatic heterocycles. The molecule has 134 valence electrons. The van der Waals surface area contributed by atoms with Crippen LogP contribution in [-0.4, -0.2) is 5.11 Å². The first-order chi connectivity index (χ1) is 11.8.